The van der Waals surface area contributed by atoms with Crippen LogP contribution in [0.2, 0.25) is 0 Å². The summed E-state index contributed by atoms with van der Waals surface area (Å²) in [4.78, 5) is 0.0218. The number of methoxy groups -OCH3 is 1. The monoisotopic (exact) mass is 317 g/mol. The van der Waals surface area contributed by atoms with Crippen molar-refractivity contribution in [3.8, 4) is 5.75 Å². The van der Waals surface area contributed by atoms with Crippen molar-refractivity contribution >= 4 is 21.6 Å². The van der Waals surface area contributed by atoms with E-state index in [4.69, 9.17) is 15.9 Å². The number of nitrogens with zero attached hydrogens (tertiary/aromatic N) is 1. The zero-order valence-corrected chi connectivity index (χ0v) is 12.7. The van der Waals surface area contributed by atoms with Gasteiger partial charge in [0.05, 0.1) is 23.3 Å². The van der Waals surface area contributed by atoms with Gasteiger partial charge in [0.1, 0.15) is 5.75 Å². The number of hydrogen-bond acceptors (Lipinski definition) is 5. The van der Waals surface area contributed by atoms with E-state index in [1.165, 1.54) is 25.3 Å². The van der Waals surface area contributed by atoms with E-state index in [-0.39, 0.29) is 17.2 Å². The molecule has 1 aliphatic carbocycles. The molecule has 0 bridgehead atoms. The Morgan fingerprint density at radius 2 is 2.05 bits per heavy atom. The number of rotatable bonds is 4. The first-order valence-corrected chi connectivity index (χ1v) is 7.82. The second-order valence-electron chi connectivity index (χ2n) is 4.39. The summed E-state index contributed by atoms with van der Waals surface area (Å²) >= 11 is 0. The summed E-state index contributed by atoms with van der Waals surface area (Å²) in [7, 11) is -2.42. The molecule has 0 heterocycles. The van der Waals surface area contributed by atoms with E-state index in [9.17, 15) is 8.42 Å². The lowest BCUT2D eigenvalue weighted by molar-refractivity contribution is 0.409. The van der Waals surface area contributed by atoms with E-state index in [0.717, 1.165) is 0 Å². The first-order chi connectivity index (χ1) is 10.5. The van der Waals surface area contributed by atoms with Gasteiger partial charge in [0.15, 0.2) is 0 Å². The van der Waals surface area contributed by atoms with Crippen molar-refractivity contribution in [1.82, 2.24) is 0 Å². The molecule has 1 aromatic rings. The predicted molar refractivity (Wildman–Crippen MR) is 85.0 cm³/mol. The fourth-order valence-corrected chi connectivity index (χ4v) is 2.97. The summed E-state index contributed by atoms with van der Waals surface area (Å²) < 4.78 is 33.7. The second kappa shape index (κ2) is 6.53. The van der Waals surface area contributed by atoms with Crippen molar-refractivity contribution in [2.45, 2.75) is 11.4 Å². The highest BCUT2D eigenvalue weighted by atomic mass is 32.2. The van der Waals surface area contributed by atoms with Crippen LogP contribution in [0, 0.1) is 5.41 Å². The molecule has 0 saturated heterocycles. The molecule has 0 saturated carbocycles. The molecule has 6 nitrogen and oxygen atoms in total. The second-order valence-corrected chi connectivity index (χ2v) is 5.99. The van der Waals surface area contributed by atoms with Crippen LogP contribution in [-0.2, 0) is 16.6 Å². The average molecular weight is 317 g/mol. The van der Waals surface area contributed by atoms with Crippen molar-refractivity contribution in [1.29, 1.82) is 5.41 Å². The average Bonchev–Trinajstić information content (AvgIpc) is 2.54. The van der Waals surface area contributed by atoms with Crippen molar-refractivity contribution in [3.05, 3.63) is 53.6 Å². The molecule has 2 rings (SSSR count). The Labute approximate surface area is 128 Å². The van der Waals surface area contributed by atoms with E-state index >= 15 is 0 Å². The molecule has 22 heavy (non-hydrogen) atoms. The van der Waals surface area contributed by atoms with Crippen LogP contribution in [0.1, 0.15) is 5.56 Å². The fourth-order valence-electron chi connectivity index (χ4n) is 1.92. The van der Waals surface area contributed by atoms with Gasteiger partial charge in [-0.05, 0) is 36.2 Å². The third-order valence-electron chi connectivity index (χ3n) is 3.03. The lowest BCUT2D eigenvalue weighted by atomic mass is 10.1. The third-order valence-corrected chi connectivity index (χ3v) is 4.31. The fraction of sp³-hybridized carbons (Fsp3) is 0.133. The smallest absolute Gasteiger partial charge is 0.282 e. The molecule has 1 aromatic carbocycles. The van der Waals surface area contributed by atoms with Crippen molar-refractivity contribution in [3.63, 3.8) is 0 Å². The Bertz CT molecular complexity index is 830. The van der Waals surface area contributed by atoms with Gasteiger partial charge in [0, 0.05) is 12.1 Å². The summed E-state index contributed by atoms with van der Waals surface area (Å²) in [5, 5.41) is 7.18. The van der Waals surface area contributed by atoms with Gasteiger partial charge < -0.3 is 10.5 Å². The molecule has 0 radical (unpaired) electrons. The van der Waals surface area contributed by atoms with Crippen LogP contribution >= 0.6 is 0 Å². The van der Waals surface area contributed by atoms with Crippen molar-refractivity contribution in [2.75, 3.05) is 7.11 Å². The molecule has 0 unspecified atom stereocenters. The van der Waals surface area contributed by atoms with E-state index in [1.807, 2.05) is 0 Å². The summed E-state index contributed by atoms with van der Waals surface area (Å²) in [6, 6.07) is 4.39. The zero-order chi connectivity index (χ0) is 16.2. The predicted octanol–water partition coefficient (Wildman–Crippen LogP) is 1.58. The maximum atomic E-state index is 12.4. The van der Waals surface area contributed by atoms with Gasteiger partial charge in [-0.3, -0.25) is 5.41 Å². The SMILES string of the molecule is COc1ccc(S(=O)(=O)/N=C2/C=CC=CC2=C=N)cc1CN. The molecule has 3 N–H and O–H groups in total. The highest BCUT2D eigenvalue weighted by molar-refractivity contribution is 7.90. The van der Waals surface area contributed by atoms with E-state index in [2.05, 4.69) is 10.3 Å². The van der Waals surface area contributed by atoms with Crippen LogP contribution in [0.5, 0.6) is 5.75 Å². The largest absolute Gasteiger partial charge is 0.496 e. The molecule has 1 aliphatic rings. The van der Waals surface area contributed by atoms with Gasteiger partial charge in [-0.1, -0.05) is 12.2 Å². The highest BCUT2D eigenvalue weighted by Gasteiger charge is 2.17. The van der Waals surface area contributed by atoms with Crippen LogP contribution in [0.4, 0.5) is 0 Å². The Kier molecular flexibility index (Phi) is 4.72. The van der Waals surface area contributed by atoms with Gasteiger partial charge in [-0.15, -0.1) is 0 Å². The molecule has 0 fully saturated rings. The zero-order valence-electron chi connectivity index (χ0n) is 11.9. The standard InChI is InChI=1S/C15H15N3O3S/c1-21-15-7-6-13(8-12(15)10-17)22(19,20)18-14-5-3-2-4-11(14)9-16/h2-8,16H,10,17H2,1H3/b18-14-. The number of hydrogen-bond donors (Lipinski definition) is 2. The molecule has 7 heteroatoms. The molecule has 0 amide bonds. The van der Waals surface area contributed by atoms with Gasteiger partial charge in [0.25, 0.3) is 10.0 Å². The minimum atomic E-state index is -3.91. The number of nitrogens with one attached hydrogen (secondary N) is 1. The summed E-state index contributed by atoms with van der Waals surface area (Å²) in [6.45, 7) is 0.150. The molecular formula is C15H15N3O3S. The van der Waals surface area contributed by atoms with E-state index in [0.29, 0.717) is 16.9 Å². The lowest BCUT2D eigenvalue weighted by Gasteiger charge is -2.09. The van der Waals surface area contributed by atoms with Crippen LogP contribution in [-0.4, -0.2) is 27.1 Å². The van der Waals surface area contributed by atoms with Crippen LogP contribution < -0.4 is 10.5 Å². The molecule has 0 atom stereocenters. The van der Waals surface area contributed by atoms with Gasteiger partial charge in [-0.25, -0.2) is 0 Å². The minimum Gasteiger partial charge on any atom is -0.496 e. The Hall–Kier alpha value is -2.47. The van der Waals surface area contributed by atoms with Crippen LogP contribution in [0.25, 0.3) is 0 Å². The Morgan fingerprint density at radius 1 is 1.32 bits per heavy atom. The first kappa shape index (κ1) is 15.9. The number of allylic oxidation sites excluding steroid dienone is 5. The summed E-state index contributed by atoms with van der Waals surface area (Å²) in [6.07, 6.45) is 6.42. The summed E-state index contributed by atoms with van der Waals surface area (Å²) in [5.74, 6) is 2.69. The topological polar surface area (TPSA) is 106 Å². The maximum Gasteiger partial charge on any atom is 0.282 e. The first-order valence-electron chi connectivity index (χ1n) is 6.38. The Balaban J connectivity index is 2.50. The minimum absolute atomic E-state index is 0.0218. The maximum absolute atomic E-state index is 12.4. The Morgan fingerprint density at radius 3 is 2.68 bits per heavy atom. The molecular weight excluding hydrogens is 302 g/mol. The van der Waals surface area contributed by atoms with E-state index in [1.54, 1.807) is 24.3 Å². The number of benzene rings is 1. The van der Waals surface area contributed by atoms with Gasteiger partial charge >= 0.3 is 0 Å². The van der Waals surface area contributed by atoms with Crippen LogP contribution in [0.15, 0.2) is 57.4 Å². The molecule has 0 spiro atoms. The van der Waals surface area contributed by atoms with Crippen LogP contribution in [0.3, 0.4) is 0 Å². The third kappa shape index (κ3) is 3.23. The lowest BCUT2D eigenvalue weighted by Crippen LogP contribution is -2.08. The quantitative estimate of drug-likeness (QED) is 0.822. The van der Waals surface area contributed by atoms with E-state index < -0.39 is 10.0 Å². The highest BCUT2D eigenvalue weighted by Crippen LogP contribution is 2.23. The van der Waals surface area contributed by atoms with Crippen molar-refractivity contribution < 1.29 is 13.2 Å². The number of sulfonamides is 1. The molecule has 114 valence electrons. The normalized spacial score (nSPS) is 15.9. The molecule has 0 aliphatic heterocycles. The van der Waals surface area contributed by atoms with Crippen molar-refractivity contribution in [2.24, 2.45) is 10.1 Å². The molecule has 0 aromatic heterocycles. The number of nitrogens with two attached hydrogens (primary N) is 1. The van der Waals surface area contributed by atoms with Gasteiger partial charge in [0.2, 0.25) is 0 Å². The van der Waals surface area contributed by atoms with Gasteiger partial charge in [-0.2, -0.15) is 12.8 Å². The number of ether oxygens (including phenoxy) is 1. The summed E-state index contributed by atoms with van der Waals surface area (Å²) in [5.41, 5.74) is 6.64.